The van der Waals surface area contributed by atoms with Gasteiger partial charge in [0.15, 0.2) is 0 Å². The topological polar surface area (TPSA) is 66.8 Å². The van der Waals surface area contributed by atoms with Gasteiger partial charge in [0.05, 0.1) is 11.8 Å². The van der Waals surface area contributed by atoms with Crippen molar-refractivity contribution < 1.29 is 19.4 Å². The first-order chi connectivity index (χ1) is 20.0. The number of rotatable bonds is 9. The summed E-state index contributed by atoms with van der Waals surface area (Å²) in [4.78, 5) is 27.1. The number of carboxylic acid groups (broad SMARTS) is 1. The van der Waals surface area contributed by atoms with E-state index in [0.29, 0.717) is 28.1 Å². The van der Waals surface area contributed by atoms with Crippen molar-refractivity contribution in [3.63, 3.8) is 0 Å². The number of aliphatic carboxylic acids is 1. The third-order valence-electron chi connectivity index (χ3n) is 15.7. The van der Waals surface area contributed by atoms with Gasteiger partial charge < -0.3 is 14.7 Å². The van der Waals surface area contributed by atoms with Crippen LogP contribution in [-0.2, 0) is 14.3 Å². The van der Waals surface area contributed by atoms with Gasteiger partial charge in [-0.3, -0.25) is 9.59 Å². The molecule has 0 aromatic rings. The molecule has 1 N–H and O–H groups in total. The van der Waals surface area contributed by atoms with E-state index in [1.54, 1.807) is 13.8 Å². The monoisotopic (exact) mass is 599 g/mol. The second-order valence-corrected chi connectivity index (χ2v) is 18.2. The lowest BCUT2D eigenvalue weighted by molar-refractivity contribution is -0.249. The Morgan fingerprint density at radius 1 is 0.860 bits per heavy atom. The van der Waals surface area contributed by atoms with Crippen molar-refractivity contribution in [1.82, 2.24) is 4.90 Å². The second-order valence-electron chi connectivity index (χ2n) is 18.2. The van der Waals surface area contributed by atoms with Crippen LogP contribution in [0.4, 0.5) is 0 Å². The Kier molecular flexibility index (Phi) is 8.74. The van der Waals surface area contributed by atoms with Crippen LogP contribution in [0.1, 0.15) is 145 Å². The molecule has 0 saturated heterocycles. The van der Waals surface area contributed by atoms with Crippen LogP contribution in [0.25, 0.3) is 0 Å². The van der Waals surface area contributed by atoms with Crippen molar-refractivity contribution in [2.75, 3.05) is 20.1 Å². The molecule has 5 saturated carbocycles. The SMILES string of the molecule is CCN(C)CCC[C@]12CCC[C@@H]1[C@H]1CCC3[C@@]4(C)CC[C@H](OC(=O)CC(C)(C)C(=O)O)C(C)(C)C4CC[C@@]3(C)[C@]1(C)CC2. The number of hydrogen-bond donors (Lipinski definition) is 1. The fraction of sp³-hybridized carbons (Fsp3) is 0.947. The molecule has 0 bridgehead atoms. The van der Waals surface area contributed by atoms with Crippen molar-refractivity contribution in [3.05, 3.63) is 0 Å². The molecule has 5 aliphatic carbocycles. The summed E-state index contributed by atoms with van der Waals surface area (Å²) >= 11 is 0. The predicted octanol–water partition coefficient (Wildman–Crippen LogP) is 8.99. The van der Waals surface area contributed by atoms with Gasteiger partial charge in [-0.25, -0.2) is 0 Å². The lowest BCUT2D eigenvalue weighted by atomic mass is 9.32. The maximum atomic E-state index is 13.0. The van der Waals surface area contributed by atoms with Crippen LogP contribution in [0.5, 0.6) is 0 Å². The maximum absolute atomic E-state index is 13.0. The van der Waals surface area contributed by atoms with Crippen molar-refractivity contribution >= 4 is 11.9 Å². The van der Waals surface area contributed by atoms with Gasteiger partial charge in [-0.05, 0) is 156 Å². The number of carboxylic acids is 1. The van der Waals surface area contributed by atoms with Gasteiger partial charge >= 0.3 is 11.9 Å². The molecule has 5 heteroatoms. The average Bonchev–Trinajstić information content (AvgIpc) is 3.34. The molecule has 5 aliphatic rings. The molecule has 5 rings (SSSR count). The van der Waals surface area contributed by atoms with Crippen LogP contribution in [0, 0.1) is 56.2 Å². The summed E-state index contributed by atoms with van der Waals surface area (Å²) < 4.78 is 6.16. The summed E-state index contributed by atoms with van der Waals surface area (Å²) in [6, 6.07) is 0. The molecule has 9 atom stereocenters. The van der Waals surface area contributed by atoms with Crippen LogP contribution < -0.4 is 0 Å². The highest BCUT2D eigenvalue weighted by atomic mass is 16.5. The molecule has 5 fully saturated rings. The summed E-state index contributed by atoms with van der Waals surface area (Å²) in [6.45, 7) is 20.7. The molecular weight excluding hydrogens is 534 g/mol. The Morgan fingerprint density at radius 3 is 2.26 bits per heavy atom. The molecule has 0 aliphatic heterocycles. The molecule has 0 aromatic heterocycles. The maximum Gasteiger partial charge on any atom is 0.309 e. The van der Waals surface area contributed by atoms with E-state index < -0.39 is 11.4 Å². The first-order valence-corrected chi connectivity index (χ1v) is 18.1. The molecular formula is C38H65NO4. The van der Waals surface area contributed by atoms with E-state index >= 15 is 0 Å². The number of nitrogens with zero attached hydrogens (tertiary/aromatic N) is 1. The van der Waals surface area contributed by atoms with E-state index in [1.807, 2.05) is 0 Å². The van der Waals surface area contributed by atoms with Crippen LogP contribution >= 0.6 is 0 Å². The number of ether oxygens (including phenoxy) is 1. The van der Waals surface area contributed by atoms with E-state index in [-0.39, 0.29) is 29.3 Å². The minimum Gasteiger partial charge on any atom is -0.481 e. The number of carbonyl (C=O) groups excluding carboxylic acids is 1. The molecule has 0 spiro atoms. The summed E-state index contributed by atoms with van der Waals surface area (Å²) in [7, 11) is 2.28. The lowest BCUT2D eigenvalue weighted by Crippen LogP contribution is -2.66. The van der Waals surface area contributed by atoms with Crippen molar-refractivity contribution in [2.45, 2.75) is 151 Å². The molecule has 0 radical (unpaired) electrons. The molecule has 0 heterocycles. The number of esters is 1. The first kappa shape index (κ1) is 33.3. The first-order valence-electron chi connectivity index (χ1n) is 18.1. The molecule has 43 heavy (non-hydrogen) atoms. The highest BCUT2D eigenvalue weighted by molar-refractivity contribution is 5.81. The Hall–Kier alpha value is -1.10. The normalized spacial score (nSPS) is 43.7. The fourth-order valence-corrected chi connectivity index (χ4v) is 12.8. The highest BCUT2D eigenvalue weighted by Crippen LogP contribution is 2.77. The summed E-state index contributed by atoms with van der Waals surface area (Å²) in [5.74, 6) is 1.72. The van der Waals surface area contributed by atoms with Gasteiger partial charge in [-0.1, -0.05) is 48.0 Å². The van der Waals surface area contributed by atoms with E-state index in [9.17, 15) is 14.7 Å². The quantitative estimate of drug-likeness (QED) is 0.268. The van der Waals surface area contributed by atoms with Crippen molar-refractivity contribution in [3.8, 4) is 0 Å². The number of carbonyl (C=O) groups is 2. The minimum atomic E-state index is -1.10. The fourth-order valence-electron chi connectivity index (χ4n) is 12.8. The number of fused-ring (bicyclic) bond motifs is 7. The summed E-state index contributed by atoms with van der Waals surface area (Å²) in [6.07, 6.45) is 17.1. The lowest BCUT2D eigenvalue weighted by Gasteiger charge is -2.72. The van der Waals surface area contributed by atoms with Gasteiger partial charge in [0.1, 0.15) is 6.10 Å². The summed E-state index contributed by atoms with van der Waals surface area (Å²) in [5.41, 5.74) is 0.411. The van der Waals surface area contributed by atoms with Crippen molar-refractivity contribution in [2.24, 2.45) is 56.2 Å². The van der Waals surface area contributed by atoms with Crippen LogP contribution in [0.15, 0.2) is 0 Å². The van der Waals surface area contributed by atoms with Gasteiger partial charge in [0.25, 0.3) is 0 Å². The zero-order chi connectivity index (χ0) is 31.6. The standard InChI is InChI=1S/C38H65NO4/c1-10-39(9)24-12-19-38-18-11-13-27(38)26-14-15-29-35(6)20-17-30(43-31(40)25-33(2,3)32(41)42)34(4,5)28(35)16-21-37(29,8)36(26,7)22-23-38/h26-30H,10-25H2,1-9H3,(H,41,42)/t26-,27-,28?,29?,30+,35+,36-,37-,38+/m1/s1. The Balaban J connectivity index is 1.33. The average molecular weight is 600 g/mol. The van der Waals surface area contributed by atoms with E-state index in [0.717, 1.165) is 31.2 Å². The molecule has 0 aromatic carbocycles. The third-order valence-corrected chi connectivity index (χ3v) is 15.7. The minimum absolute atomic E-state index is 0.0742. The van der Waals surface area contributed by atoms with E-state index in [4.69, 9.17) is 4.74 Å². The van der Waals surface area contributed by atoms with Crippen LogP contribution in [0.3, 0.4) is 0 Å². The Morgan fingerprint density at radius 2 is 1.58 bits per heavy atom. The molecule has 246 valence electrons. The smallest absolute Gasteiger partial charge is 0.309 e. The van der Waals surface area contributed by atoms with Crippen LogP contribution in [0.2, 0.25) is 0 Å². The van der Waals surface area contributed by atoms with Crippen molar-refractivity contribution in [1.29, 1.82) is 0 Å². The number of hydrogen-bond acceptors (Lipinski definition) is 4. The molecule has 2 unspecified atom stereocenters. The predicted molar refractivity (Wildman–Crippen MR) is 174 cm³/mol. The zero-order valence-electron chi connectivity index (χ0n) is 29.3. The Labute approximate surface area is 263 Å². The summed E-state index contributed by atoms with van der Waals surface area (Å²) in [5, 5.41) is 9.55. The van der Waals surface area contributed by atoms with E-state index in [1.165, 1.54) is 77.2 Å². The van der Waals surface area contributed by atoms with Gasteiger partial charge in [0, 0.05) is 5.41 Å². The third kappa shape index (κ3) is 5.22. The largest absolute Gasteiger partial charge is 0.481 e. The van der Waals surface area contributed by atoms with Gasteiger partial charge in [-0.2, -0.15) is 0 Å². The van der Waals surface area contributed by atoms with Crippen LogP contribution in [-0.4, -0.2) is 48.2 Å². The molecule has 0 amide bonds. The van der Waals surface area contributed by atoms with Gasteiger partial charge in [0.2, 0.25) is 0 Å². The zero-order valence-corrected chi connectivity index (χ0v) is 29.3. The van der Waals surface area contributed by atoms with E-state index in [2.05, 4.69) is 53.5 Å². The van der Waals surface area contributed by atoms with Gasteiger partial charge in [-0.15, -0.1) is 0 Å². The second kappa shape index (κ2) is 11.3. The Bertz CT molecular complexity index is 1070. The highest BCUT2D eigenvalue weighted by Gasteiger charge is 2.70. The molecule has 5 nitrogen and oxygen atoms in total.